The molecule has 1 aliphatic rings. The molecule has 0 aliphatic carbocycles. The molecule has 0 spiro atoms. The Bertz CT molecular complexity index is 1520. The third-order valence-corrected chi connectivity index (χ3v) is 6.23. The number of fused-ring (bicyclic) bond motifs is 1. The summed E-state index contributed by atoms with van der Waals surface area (Å²) in [7, 11) is 1.65. The van der Waals surface area contributed by atoms with E-state index < -0.39 is 0 Å². The van der Waals surface area contributed by atoms with Crippen LogP contribution < -0.4 is 10.1 Å². The minimum absolute atomic E-state index is 0.207. The zero-order valence-corrected chi connectivity index (χ0v) is 19.9. The third kappa shape index (κ3) is 3.98. The van der Waals surface area contributed by atoms with Gasteiger partial charge in [0.2, 0.25) is 5.95 Å². The van der Waals surface area contributed by atoms with Crippen molar-refractivity contribution in [3.05, 3.63) is 72.0 Å². The molecule has 0 bridgehead atoms. The van der Waals surface area contributed by atoms with Gasteiger partial charge in [0.15, 0.2) is 5.65 Å². The molecule has 1 aliphatic heterocycles. The van der Waals surface area contributed by atoms with Crippen molar-refractivity contribution in [2.75, 3.05) is 25.6 Å². The number of imidazole rings is 2. The third-order valence-electron chi connectivity index (χ3n) is 5.98. The van der Waals surface area contributed by atoms with Crippen molar-refractivity contribution < 1.29 is 9.47 Å². The van der Waals surface area contributed by atoms with E-state index in [-0.39, 0.29) is 6.04 Å². The quantitative estimate of drug-likeness (QED) is 0.361. The van der Waals surface area contributed by atoms with Gasteiger partial charge >= 0.3 is 0 Å². The second-order valence-electron chi connectivity index (χ2n) is 8.35. The van der Waals surface area contributed by atoms with Crippen molar-refractivity contribution in [1.29, 1.82) is 0 Å². The number of hydrogen-bond donors (Lipinski definition) is 1. The monoisotopic (exact) mass is 487 g/mol. The number of hydrogen-bond acceptors (Lipinski definition) is 7. The van der Waals surface area contributed by atoms with Crippen molar-refractivity contribution >= 4 is 34.4 Å². The van der Waals surface area contributed by atoms with Crippen molar-refractivity contribution in [3.63, 3.8) is 0 Å². The molecule has 176 valence electrons. The molecule has 0 unspecified atom stereocenters. The van der Waals surface area contributed by atoms with Gasteiger partial charge in [0.25, 0.3) is 0 Å². The minimum atomic E-state index is 0.207. The van der Waals surface area contributed by atoms with E-state index in [1.54, 1.807) is 19.8 Å². The topological polar surface area (TPSA) is 91.9 Å². The minimum Gasteiger partial charge on any atom is -0.494 e. The molecule has 9 nitrogen and oxygen atoms in total. The summed E-state index contributed by atoms with van der Waals surface area (Å²) in [5.74, 6) is 1.15. The van der Waals surface area contributed by atoms with Crippen molar-refractivity contribution in [2.24, 2.45) is 0 Å². The van der Waals surface area contributed by atoms with Crippen LogP contribution in [0.3, 0.4) is 0 Å². The first-order chi connectivity index (χ1) is 17.1. The zero-order chi connectivity index (χ0) is 23.9. The Labute approximate surface area is 206 Å². The number of rotatable bonds is 6. The van der Waals surface area contributed by atoms with Crippen LogP contribution >= 0.6 is 11.6 Å². The van der Waals surface area contributed by atoms with E-state index in [4.69, 9.17) is 31.0 Å². The molecular formula is C25H22ClN7O2. The fraction of sp³-hybridized carbons (Fsp3) is 0.200. The fourth-order valence-corrected chi connectivity index (χ4v) is 4.21. The zero-order valence-electron chi connectivity index (χ0n) is 19.1. The summed E-state index contributed by atoms with van der Waals surface area (Å²) >= 11 is 6.12. The van der Waals surface area contributed by atoms with Gasteiger partial charge in [0.05, 0.1) is 50.4 Å². The highest BCUT2D eigenvalue weighted by Crippen LogP contribution is 2.32. The molecule has 0 saturated carbocycles. The molecule has 0 atom stereocenters. The predicted molar refractivity (Wildman–Crippen MR) is 134 cm³/mol. The molecule has 35 heavy (non-hydrogen) atoms. The van der Waals surface area contributed by atoms with Crippen molar-refractivity contribution in [1.82, 2.24) is 29.1 Å². The van der Waals surface area contributed by atoms with Gasteiger partial charge in [-0.1, -0.05) is 23.7 Å². The molecule has 10 heteroatoms. The van der Waals surface area contributed by atoms with E-state index in [1.807, 2.05) is 60.2 Å². The van der Waals surface area contributed by atoms with Crippen LogP contribution in [0.25, 0.3) is 28.1 Å². The predicted octanol–water partition coefficient (Wildman–Crippen LogP) is 4.96. The molecule has 6 rings (SSSR count). The van der Waals surface area contributed by atoms with E-state index in [0.29, 0.717) is 29.9 Å². The van der Waals surface area contributed by atoms with Crippen LogP contribution in [0.2, 0.25) is 5.02 Å². The summed E-state index contributed by atoms with van der Waals surface area (Å²) in [6, 6.07) is 13.6. The molecule has 4 heterocycles. The number of methoxy groups -OCH3 is 1. The van der Waals surface area contributed by atoms with Crippen LogP contribution in [0, 0.1) is 6.92 Å². The molecule has 1 fully saturated rings. The van der Waals surface area contributed by atoms with Gasteiger partial charge in [-0.3, -0.25) is 0 Å². The lowest BCUT2D eigenvalue weighted by Gasteiger charge is -2.27. The maximum atomic E-state index is 6.12. The summed E-state index contributed by atoms with van der Waals surface area (Å²) in [6.07, 6.45) is 5.52. The number of ether oxygens (including phenoxy) is 2. The highest BCUT2D eigenvalue weighted by Gasteiger charge is 2.25. The van der Waals surface area contributed by atoms with Gasteiger partial charge in [-0.05, 0) is 31.2 Å². The molecular weight excluding hydrogens is 466 g/mol. The second kappa shape index (κ2) is 8.68. The molecule has 3 aromatic heterocycles. The highest BCUT2D eigenvalue weighted by molar-refractivity contribution is 6.30. The number of halogens is 1. The number of aromatic nitrogens is 6. The van der Waals surface area contributed by atoms with Gasteiger partial charge in [-0.25, -0.2) is 15.0 Å². The summed E-state index contributed by atoms with van der Waals surface area (Å²) in [6.45, 7) is 3.23. The van der Waals surface area contributed by atoms with E-state index in [0.717, 1.165) is 39.5 Å². The van der Waals surface area contributed by atoms with Crippen LogP contribution in [0.4, 0.5) is 11.6 Å². The second-order valence-corrected chi connectivity index (χ2v) is 8.79. The van der Waals surface area contributed by atoms with E-state index in [2.05, 4.69) is 19.9 Å². The first-order valence-corrected chi connectivity index (χ1v) is 11.5. The number of nitrogens with zero attached hydrogens (tertiary/aromatic N) is 6. The fourth-order valence-electron chi connectivity index (χ4n) is 4.08. The molecule has 0 amide bonds. The Morgan fingerprint density at radius 2 is 1.89 bits per heavy atom. The van der Waals surface area contributed by atoms with Crippen LogP contribution in [-0.4, -0.2) is 49.4 Å². The lowest BCUT2D eigenvalue weighted by Crippen LogP contribution is -2.30. The van der Waals surface area contributed by atoms with E-state index in [9.17, 15) is 0 Å². The summed E-state index contributed by atoms with van der Waals surface area (Å²) in [4.78, 5) is 18.6. The lowest BCUT2D eigenvalue weighted by atomic mass is 10.1. The Morgan fingerprint density at radius 3 is 2.57 bits per heavy atom. The Kier molecular flexibility index (Phi) is 5.35. The number of anilines is 2. The lowest BCUT2D eigenvalue weighted by molar-refractivity contribution is -0.0218. The van der Waals surface area contributed by atoms with E-state index >= 15 is 0 Å². The van der Waals surface area contributed by atoms with Crippen molar-refractivity contribution in [3.8, 4) is 22.7 Å². The molecule has 5 aromatic rings. The van der Waals surface area contributed by atoms with Gasteiger partial charge in [0.1, 0.15) is 17.0 Å². The van der Waals surface area contributed by atoms with Gasteiger partial charge in [-0.15, -0.1) is 0 Å². The number of nitrogens with one attached hydrogen (secondary N) is 1. The largest absolute Gasteiger partial charge is 0.494 e. The maximum absolute atomic E-state index is 6.12. The number of aryl methyl sites for hydroxylation is 1. The first kappa shape index (κ1) is 21.6. The standard InChI is InChI=1S/C25H22ClN7O2/c1-15-10-32(13-27-15)20-8-7-18(9-21(20)34-2)29-25-30-22(16-3-5-17(26)6-4-16)23-24(31-25)33(14-28-23)19-11-35-12-19/h3-10,13-14,19H,11-12H2,1-2H3,(H,29,30,31). The van der Waals surface area contributed by atoms with Gasteiger partial charge < -0.3 is 23.9 Å². The summed E-state index contributed by atoms with van der Waals surface area (Å²) in [5, 5.41) is 4.00. The first-order valence-electron chi connectivity index (χ1n) is 11.1. The summed E-state index contributed by atoms with van der Waals surface area (Å²) in [5.41, 5.74) is 5.72. The maximum Gasteiger partial charge on any atom is 0.229 e. The van der Waals surface area contributed by atoms with E-state index in [1.165, 1.54) is 0 Å². The van der Waals surface area contributed by atoms with Crippen LogP contribution in [-0.2, 0) is 4.74 Å². The SMILES string of the molecule is COc1cc(Nc2nc(-c3ccc(Cl)cc3)c3ncn(C4COC4)c3n2)ccc1-n1cnc(C)c1. The average Bonchev–Trinajstić information content (AvgIpc) is 3.45. The summed E-state index contributed by atoms with van der Waals surface area (Å²) < 4.78 is 15.0. The van der Waals surface area contributed by atoms with Crippen LogP contribution in [0.1, 0.15) is 11.7 Å². The van der Waals surface area contributed by atoms with Gasteiger partial charge in [0, 0.05) is 28.5 Å². The Morgan fingerprint density at radius 1 is 1.06 bits per heavy atom. The molecule has 2 aromatic carbocycles. The highest BCUT2D eigenvalue weighted by atomic mass is 35.5. The Balaban J connectivity index is 1.42. The number of benzene rings is 2. The molecule has 0 radical (unpaired) electrons. The smallest absolute Gasteiger partial charge is 0.229 e. The van der Waals surface area contributed by atoms with Crippen molar-refractivity contribution in [2.45, 2.75) is 13.0 Å². The van der Waals surface area contributed by atoms with Crippen LogP contribution in [0.5, 0.6) is 5.75 Å². The molecule has 1 N–H and O–H groups in total. The normalized spacial score (nSPS) is 13.7. The average molecular weight is 488 g/mol. The Hall–Kier alpha value is -3.95. The van der Waals surface area contributed by atoms with Crippen LogP contribution in [0.15, 0.2) is 61.3 Å². The van der Waals surface area contributed by atoms with Gasteiger partial charge in [-0.2, -0.15) is 4.98 Å². The molecule has 1 saturated heterocycles.